The van der Waals surface area contributed by atoms with E-state index < -0.39 is 0 Å². The number of carbonyl (C=O) groups excluding carboxylic acids is 1. The molecule has 2 N–H and O–H groups in total. The molecule has 2 rings (SSSR count). The fraction of sp³-hybridized carbons (Fsp3) is 0.533. The van der Waals surface area contributed by atoms with E-state index in [1.807, 2.05) is 12.1 Å². The van der Waals surface area contributed by atoms with Crippen molar-refractivity contribution in [3.8, 4) is 0 Å². The number of amides is 2. The summed E-state index contributed by atoms with van der Waals surface area (Å²) in [7, 11) is 0. The lowest BCUT2D eigenvalue weighted by Gasteiger charge is -2.22. The Kier molecular flexibility index (Phi) is 5.70. The van der Waals surface area contributed by atoms with Crippen LogP contribution in [0.3, 0.4) is 0 Å². The molecule has 0 aromatic heterocycles. The number of halogens is 1. The van der Waals surface area contributed by atoms with Crippen LogP contribution in [-0.2, 0) is 6.42 Å². The molecule has 4 heteroatoms. The van der Waals surface area contributed by atoms with Gasteiger partial charge in [0.1, 0.15) is 0 Å². The molecule has 0 radical (unpaired) electrons. The molecule has 0 spiro atoms. The topological polar surface area (TPSA) is 41.1 Å². The number of hydrogen-bond acceptors (Lipinski definition) is 1. The first-order chi connectivity index (χ1) is 9.24. The Morgan fingerprint density at radius 3 is 2.79 bits per heavy atom. The van der Waals surface area contributed by atoms with Crippen molar-refractivity contribution in [2.24, 2.45) is 0 Å². The molecule has 1 aromatic carbocycles. The second-order valence-corrected chi connectivity index (χ2v) is 6.03. The maximum absolute atomic E-state index is 11.7. The van der Waals surface area contributed by atoms with Gasteiger partial charge in [-0.15, -0.1) is 0 Å². The number of nitrogens with one attached hydrogen (secondary N) is 2. The monoisotopic (exact) mass is 324 g/mol. The molecule has 1 aliphatic rings. The molecule has 1 fully saturated rings. The summed E-state index contributed by atoms with van der Waals surface area (Å²) in [6.45, 7) is 0.676. The molecule has 0 saturated heterocycles. The van der Waals surface area contributed by atoms with Crippen LogP contribution in [0.2, 0.25) is 0 Å². The van der Waals surface area contributed by atoms with Gasteiger partial charge in [0.25, 0.3) is 0 Å². The van der Waals surface area contributed by atoms with Crippen molar-refractivity contribution >= 4 is 22.0 Å². The molecule has 0 aliphatic heterocycles. The summed E-state index contributed by atoms with van der Waals surface area (Å²) in [5.74, 6) is 0. The molecule has 0 bridgehead atoms. The summed E-state index contributed by atoms with van der Waals surface area (Å²) < 4.78 is 1.08. The molecule has 1 saturated carbocycles. The zero-order chi connectivity index (χ0) is 13.5. The van der Waals surface area contributed by atoms with Crippen LogP contribution < -0.4 is 10.6 Å². The van der Waals surface area contributed by atoms with Gasteiger partial charge in [0, 0.05) is 17.1 Å². The Morgan fingerprint density at radius 1 is 1.26 bits per heavy atom. The molecule has 1 aliphatic carbocycles. The highest BCUT2D eigenvalue weighted by Crippen LogP contribution is 2.17. The van der Waals surface area contributed by atoms with E-state index in [1.165, 1.54) is 24.8 Å². The summed E-state index contributed by atoms with van der Waals surface area (Å²) in [4.78, 5) is 11.7. The van der Waals surface area contributed by atoms with Gasteiger partial charge >= 0.3 is 6.03 Å². The summed E-state index contributed by atoms with van der Waals surface area (Å²) >= 11 is 3.45. The normalized spacial score (nSPS) is 16.1. The quantitative estimate of drug-likeness (QED) is 0.872. The average Bonchev–Trinajstić information content (AvgIpc) is 2.40. The zero-order valence-corrected chi connectivity index (χ0v) is 12.7. The lowest BCUT2D eigenvalue weighted by atomic mass is 9.96. The molecule has 19 heavy (non-hydrogen) atoms. The van der Waals surface area contributed by atoms with Gasteiger partial charge in [0.2, 0.25) is 0 Å². The highest BCUT2D eigenvalue weighted by atomic mass is 79.9. The van der Waals surface area contributed by atoms with Gasteiger partial charge in [-0.1, -0.05) is 47.3 Å². The average molecular weight is 325 g/mol. The predicted octanol–water partition coefficient (Wildman–Crippen LogP) is 3.62. The summed E-state index contributed by atoms with van der Waals surface area (Å²) in [6.07, 6.45) is 6.89. The fourth-order valence-electron chi connectivity index (χ4n) is 2.50. The van der Waals surface area contributed by atoms with E-state index in [2.05, 4.69) is 38.7 Å². The van der Waals surface area contributed by atoms with Crippen LogP contribution in [0, 0.1) is 0 Å². The first-order valence-electron chi connectivity index (χ1n) is 7.03. The molecular formula is C15H21BrN2O. The van der Waals surface area contributed by atoms with E-state index in [-0.39, 0.29) is 6.03 Å². The number of benzene rings is 1. The van der Waals surface area contributed by atoms with Gasteiger partial charge in [-0.2, -0.15) is 0 Å². The van der Waals surface area contributed by atoms with Crippen LogP contribution in [0.4, 0.5) is 4.79 Å². The van der Waals surface area contributed by atoms with Crippen LogP contribution >= 0.6 is 15.9 Å². The predicted molar refractivity (Wildman–Crippen MR) is 81.3 cm³/mol. The van der Waals surface area contributed by atoms with Gasteiger partial charge in [-0.05, 0) is 37.0 Å². The third-order valence-electron chi connectivity index (χ3n) is 3.53. The van der Waals surface area contributed by atoms with Gasteiger partial charge in [-0.25, -0.2) is 4.79 Å². The molecule has 104 valence electrons. The molecule has 2 amide bonds. The lowest BCUT2D eigenvalue weighted by molar-refractivity contribution is 0.233. The minimum atomic E-state index is -0.0260. The van der Waals surface area contributed by atoms with E-state index in [1.54, 1.807) is 0 Å². The highest BCUT2D eigenvalue weighted by Gasteiger charge is 2.14. The standard InChI is InChI=1S/C15H21BrN2O/c16-13-6-4-5-12(11-13)9-10-17-15(19)18-14-7-2-1-3-8-14/h4-6,11,14H,1-3,7-10H2,(H2,17,18,19). The molecule has 0 heterocycles. The van der Waals surface area contributed by atoms with Crippen LogP contribution in [-0.4, -0.2) is 18.6 Å². The Labute approximate surface area is 123 Å². The smallest absolute Gasteiger partial charge is 0.315 e. The highest BCUT2D eigenvalue weighted by molar-refractivity contribution is 9.10. The second kappa shape index (κ2) is 7.53. The zero-order valence-electron chi connectivity index (χ0n) is 11.1. The largest absolute Gasteiger partial charge is 0.338 e. The summed E-state index contributed by atoms with van der Waals surface area (Å²) in [6, 6.07) is 8.53. The van der Waals surface area contributed by atoms with Crippen molar-refractivity contribution in [2.45, 2.75) is 44.6 Å². The van der Waals surface area contributed by atoms with Crippen molar-refractivity contribution in [1.29, 1.82) is 0 Å². The van der Waals surface area contributed by atoms with Crippen LogP contribution in [0.1, 0.15) is 37.7 Å². The van der Waals surface area contributed by atoms with Gasteiger partial charge in [0.05, 0.1) is 0 Å². The summed E-state index contributed by atoms with van der Waals surface area (Å²) in [5, 5.41) is 5.99. The summed E-state index contributed by atoms with van der Waals surface area (Å²) in [5.41, 5.74) is 1.23. The number of carbonyl (C=O) groups is 1. The number of urea groups is 1. The van der Waals surface area contributed by atoms with E-state index >= 15 is 0 Å². The first kappa shape index (κ1) is 14.4. The molecule has 1 aromatic rings. The Hall–Kier alpha value is -1.03. The van der Waals surface area contributed by atoms with Gasteiger partial charge in [0.15, 0.2) is 0 Å². The van der Waals surface area contributed by atoms with E-state index in [4.69, 9.17) is 0 Å². The minimum absolute atomic E-state index is 0.0260. The van der Waals surface area contributed by atoms with Crippen molar-refractivity contribution < 1.29 is 4.79 Å². The third kappa shape index (κ3) is 5.23. The van der Waals surface area contributed by atoms with Crippen molar-refractivity contribution in [1.82, 2.24) is 10.6 Å². The second-order valence-electron chi connectivity index (χ2n) is 5.12. The minimum Gasteiger partial charge on any atom is -0.338 e. The van der Waals surface area contributed by atoms with Crippen LogP contribution in [0.25, 0.3) is 0 Å². The molecular weight excluding hydrogens is 304 g/mol. The Bertz CT molecular complexity index is 416. The Balaban J connectivity index is 1.66. The maximum Gasteiger partial charge on any atom is 0.315 e. The number of hydrogen-bond donors (Lipinski definition) is 2. The maximum atomic E-state index is 11.7. The lowest BCUT2D eigenvalue weighted by Crippen LogP contribution is -2.43. The SMILES string of the molecule is O=C(NCCc1cccc(Br)c1)NC1CCCCC1. The van der Waals surface area contributed by atoms with Crippen molar-refractivity contribution in [3.05, 3.63) is 34.3 Å². The van der Waals surface area contributed by atoms with Gasteiger partial charge in [-0.3, -0.25) is 0 Å². The molecule has 0 unspecified atom stereocenters. The van der Waals surface area contributed by atoms with E-state index in [0.717, 1.165) is 23.7 Å². The third-order valence-corrected chi connectivity index (χ3v) is 4.02. The van der Waals surface area contributed by atoms with E-state index in [0.29, 0.717) is 12.6 Å². The Morgan fingerprint density at radius 2 is 2.05 bits per heavy atom. The number of rotatable bonds is 4. The fourth-order valence-corrected chi connectivity index (χ4v) is 2.94. The van der Waals surface area contributed by atoms with Crippen LogP contribution in [0.5, 0.6) is 0 Å². The molecule has 3 nitrogen and oxygen atoms in total. The first-order valence-corrected chi connectivity index (χ1v) is 7.82. The van der Waals surface area contributed by atoms with Crippen molar-refractivity contribution in [2.75, 3.05) is 6.54 Å². The van der Waals surface area contributed by atoms with Crippen LogP contribution in [0.15, 0.2) is 28.7 Å². The van der Waals surface area contributed by atoms with E-state index in [9.17, 15) is 4.79 Å². The van der Waals surface area contributed by atoms with Crippen molar-refractivity contribution in [3.63, 3.8) is 0 Å². The molecule has 0 atom stereocenters. The van der Waals surface area contributed by atoms with Gasteiger partial charge < -0.3 is 10.6 Å².